The van der Waals surface area contributed by atoms with E-state index in [9.17, 15) is 19.3 Å². The van der Waals surface area contributed by atoms with E-state index in [0.29, 0.717) is 18.5 Å². The molecule has 2 atom stereocenters. The summed E-state index contributed by atoms with van der Waals surface area (Å²) in [5.41, 5.74) is 0.682. The number of nitrogens with one attached hydrogen (secondary N) is 1. The third kappa shape index (κ3) is 3.85. The molecule has 1 amide bonds. The van der Waals surface area contributed by atoms with Gasteiger partial charge in [-0.25, -0.2) is 4.39 Å². The van der Waals surface area contributed by atoms with Gasteiger partial charge in [-0.1, -0.05) is 18.2 Å². The summed E-state index contributed by atoms with van der Waals surface area (Å²) in [4.78, 5) is 24.3. The lowest BCUT2D eigenvalue weighted by molar-refractivity contribution is -0.497. The highest BCUT2D eigenvalue weighted by molar-refractivity contribution is 5.82. The van der Waals surface area contributed by atoms with Crippen LogP contribution in [0.3, 0.4) is 0 Å². The molecule has 0 aromatic heterocycles. The quantitative estimate of drug-likeness (QED) is 0.660. The zero-order valence-corrected chi connectivity index (χ0v) is 12.8. The van der Waals surface area contributed by atoms with Gasteiger partial charge < -0.3 is 5.32 Å². The van der Waals surface area contributed by atoms with Gasteiger partial charge in [-0.15, -0.1) is 0 Å². The first kappa shape index (κ1) is 15.9. The Balaban J connectivity index is 1.43. The summed E-state index contributed by atoms with van der Waals surface area (Å²) >= 11 is 0. The minimum Gasteiger partial charge on any atom is -0.353 e. The number of likely N-dealkylation sites (tertiary alicyclic amines) is 1. The average Bonchev–Trinajstić information content (AvgIpc) is 3.32. The molecule has 1 aliphatic carbocycles. The first-order chi connectivity index (χ1) is 11.0. The number of rotatable bonds is 5. The predicted molar refractivity (Wildman–Crippen MR) is 81.7 cm³/mol. The van der Waals surface area contributed by atoms with Crippen molar-refractivity contribution in [1.82, 2.24) is 10.2 Å². The first-order valence-electron chi connectivity index (χ1n) is 7.94. The molecule has 1 saturated heterocycles. The fraction of sp³-hybridized carbons (Fsp3) is 0.562. The Hall–Kier alpha value is -2.02. The molecule has 2 aliphatic rings. The van der Waals surface area contributed by atoms with E-state index in [1.165, 1.54) is 6.07 Å². The molecule has 1 aromatic rings. The molecule has 7 heteroatoms. The monoisotopic (exact) mass is 321 g/mol. The van der Waals surface area contributed by atoms with E-state index in [0.717, 1.165) is 25.9 Å². The summed E-state index contributed by atoms with van der Waals surface area (Å²) in [6.07, 6.45) is 1.93. The molecular weight excluding hydrogens is 301 g/mol. The van der Waals surface area contributed by atoms with E-state index >= 15 is 0 Å². The number of amides is 1. The number of halogens is 1. The van der Waals surface area contributed by atoms with Crippen LogP contribution in [0, 0.1) is 21.8 Å². The van der Waals surface area contributed by atoms with Crippen LogP contribution in [0.5, 0.6) is 0 Å². The van der Waals surface area contributed by atoms with Crippen LogP contribution in [0.4, 0.5) is 4.39 Å². The molecular formula is C16H20FN3O3. The van der Waals surface area contributed by atoms with E-state index in [-0.39, 0.29) is 22.7 Å². The molecule has 1 heterocycles. The highest BCUT2D eigenvalue weighted by Crippen LogP contribution is 2.33. The molecule has 0 unspecified atom stereocenters. The third-order valence-corrected chi connectivity index (χ3v) is 4.65. The van der Waals surface area contributed by atoms with E-state index in [2.05, 4.69) is 10.2 Å². The zero-order chi connectivity index (χ0) is 16.4. The van der Waals surface area contributed by atoms with Crippen molar-refractivity contribution in [3.8, 4) is 0 Å². The number of benzene rings is 1. The van der Waals surface area contributed by atoms with E-state index in [1.54, 1.807) is 12.1 Å². The molecule has 3 rings (SSSR count). The minimum absolute atomic E-state index is 0.0624. The summed E-state index contributed by atoms with van der Waals surface area (Å²) in [6, 6.07) is 6.12. The number of carbonyl (C=O) groups is 1. The molecule has 1 saturated carbocycles. The third-order valence-electron chi connectivity index (χ3n) is 4.65. The maximum atomic E-state index is 13.7. The summed E-state index contributed by atoms with van der Waals surface area (Å²) in [6.45, 7) is 2.13. The Morgan fingerprint density at radius 2 is 2.04 bits per heavy atom. The molecule has 23 heavy (non-hydrogen) atoms. The number of carbonyl (C=O) groups excluding carboxylic acids is 1. The predicted octanol–water partition coefficient (Wildman–Crippen LogP) is 1.57. The summed E-state index contributed by atoms with van der Waals surface area (Å²) < 4.78 is 13.7. The van der Waals surface area contributed by atoms with Gasteiger partial charge in [-0.3, -0.25) is 19.8 Å². The van der Waals surface area contributed by atoms with E-state index in [4.69, 9.17) is 0 Å². The van der Waals surface area contributed by atoms with Crippen LogP contribution in [-0.4, -0.2) is 40.9 Å². The zero-order valence-electron chi connectivity index (χ0n) is 12.8. The lowest BCUT2D eigenvalue weighted by Crippen LogP contribution is -2.45. The van der Waals surface area contributed by atoms with Gasteiger partial charge in [0.1, 0.15) is 11.7 Å². The molecule has 0 spiro atoms. The second kappa shape index (κ2) is 6.62. The molecule has 1 aliphatic heterocycles. The van der Waals surface area contributed by atoms with Gasteiger partial charge >= 0.3 is 0 Å². The van der Waals surface area contributed by atoms with Crippen molar-refractivity contribution < 1.29 is 14.1 Å². The van der Waals surface area contributed by atoms with Crippen LogP contribution in [-0.2, 0) is 11.3 Å². The molecule has 1 N–H and O–H groups in total. The largest absolute Gasteiger partial charge is 0.353 e. The van der Waals surface area contributed by atoms with Crippen molar-refractivity contribution in [2.45, 2.75) is 37.9 Å². The van der Waals surface area contributed by atoms with Crippen LogP contribution < -0.4 is 5.32 Å². The van der Waals surface area contributed by atoms with Gasteiger partial charge in [0.25, 0.3) is 0 Å². The number of hydrogen-bond acceptors (Lipinski definition) is 4. The molecule has 1 aromatic carbocycles. The van der Waals surface area contributed by atoms with E-state index in [1.807, 2.05) is 6.07 Å². The SMILES string of the molecule is O=C(NC1CCN(Cc2ccccc2F)CC1)[C@H]1C[C@@H]1[N+](=O)[O-]. The van der Waals surface area contributed by atoms with Crippen LogP contribution in [0.1, 0.15) is 24.8 Å². The second-order valence-electron chi connectivity index (χ2n) is 6.35. The molecule has 124 valence electrons. The van der Waals surface area contributed by atoms with Crippen molar-refractivity contribution in [3.05, 3.63) is 45.8 Å². The van der Waals surface area contributed by atoms with Crippen molar-refractivity contribution in [1.29, 1.82) is 0 Å². The van der Waals surface area contributed by atoms with Crippen molar-refractivity contribution in [3.63, 3.8) is 0 Å². The number of nitro groups is 1. The smallest absolute Gasteiger partial charge is 0.230 e. The summed E-state index contributed by atoms with van der Waals surface area (Å²) in [5.74, 6) is -0.844. The maximum Gasteiger partial charge on any atom is 0.230 e. The van der Waals surface area contributed by atoms with Gasteiger partial charge in [-0.05, 0) is 18.9 Å². The van der Waals surface area contributed by atoms with Gasteiger partial charge in [0.2, 0.25) is 11.9 Å². The number of nitrogens with zero attached hydrogens (tertiary/aromatic N) is 2. The topological polar surface area (TPSA) is 75.5 Å². The summed E-state index contributed by atoms with van der Waals surface area (Å²) in [7, 11) is 0. The molecule has 6 nitrogen and oxygen atoms in total. The second-order valence-corrected chi connectivity index (χ2v) is 6.35. The van der Waals surface area contributed by atoms with Crippen molar-refractivity contribution in [2.24, 2.45) is 5.92 Å². The Kier molecular flexibility index (Phi) is 4.56. The molecule has 0 bridgehead atoms. The number of piperidine rings is 1. The molecule has 2 fully saturated rings. The molecule has 0 radical (unpaired) electrons. The van der Waals surface area contributed by atoms with Crippen LogP contribution in [0.25, 0.3) is 0 Å². The van der Waals surface area contributed by atoms with Crippen molar-refractivity contribution in [2.75, 3.05) is 13.1 Å². The lowest BCUT2D eigenvalue weighted by atomic mass is 10.0. The highest BCUT2D eigenvalue weighted by Gasteiger charge is 2.53. The lowest BCUT2D eigenvalue weighted by Gasteiger charge is -2.32. The highest BCUT2D eigenvalue weighted by atomic mass is 19.1. The van der Waals surface area contributed by atoms with Crippen LogP contribution in [0.2, 0.25) is 0 Å². The van der Waals surface area contributed by atoms with E-state index < -0.39 is 12.0 Å². The Morgan fingerprint density at radius 1 is 1.35 bits per heavy atom. The average molecular weight is 321 g/mol. The van der Waals surface area contributed by atoms with Crippen LogP contribution in [0.15, 0.2) is 24.3 Å². The van der Waals surface area contributed by atoms with Gasteiger partial charge in [-0.2, -0.15) is 0 Å². The maximum absolute atomic E-state index is 13.7. The summed E-state index contributed by atoms with van der Waals surface area (Å²) in [5, 5.41) is 13.5. The number of hydrogen-bond donors (Lipinski definition) is 1. The normalized spacial score (nSPS) is 25.1. The fourth-order valence-electron chi connectivity index (χ4n) is 3.11. The Morgan fingerprint density at radius 3 is 2.65 bits per heavy atom. The Bertz CT molecular complexity index is 602. The minimum atomic E-state index is -0.698. The fourth-order valence-corrected chi connectivity index (χ4v) is 3.11. The Labute approximate surface area is 133 Å². The standard InChI is InChI=1S/C16H20FN3O3/c17-14-4-2-1-3-11(14)10-19-7-5-12(6-8-19)18-16(21)13-9-15(13)20(22)23/h1-4,12-13,15H,5-10H2,(H,18,21)/t13-,15-/m0/s1. The van der Waals surface area contributed by atoms with Crippen LogP contribution >= 0.6 is 0 Å². The van der Waals surface area contributed by atoms with Gasteiger partial charge in [0.15, 0.2) is 0 Å². The first-order valence-corrected chi connectivity index (χ1v) is 7.94. The van der Waals surface area contributed by atoms with Crippen molar-refractivity contribution >= 4 is 5.91 Å². The van der Waals surface area contributed by atoms with Gasteiger partial charge in [0.05, 0.1) is 0 Å². The van der Waals surface area contributed by atoms with Gasteiger partial charge in [0, 0.05) is 42.6 Å².